The lowest BCUT2D eigenvalue weighted by atomic mass is 10.1. The first-order valence-corrected chi connectivity index (χ1v) is 6.65. The second-order valence-electron chi connectivity index (χ2n) is 4.67. The van der Waals surface area contributed by atoms with Gasteiger partial charge in [-0.25, -0.2) is 8.78 Å². The molecule has 0 aromatic heterocycles. The zero-order valence-corrected chi connectivity index (χ0v) is 11.4. The smallest absolute Gasteiger partial charge is 0.258 e. The third kappa shape index (κ3) is 4.10. The molecule has 21 heavy (non-hydrogen) atoms. The summed E-state index contributed by atoms with van der Waals surface area (Å²) in [4.78, 5) is 12.0. The minimum Gasteiger partial charge on any atom is -0.330 e. The highest BCUT2D eigenvalue weighted by Crippen LogP contribution is 2.15. The van der Waals surface area contributed by atoms with Gasteiger partial charge >= 0.3 is 0 Å². The summed E-state index contributed by atoms with van der Waals surface area (Å²) < 4.78 is 26.4. The molecule has 0 saturated carbocycles. The van der Waals surface area contributed by atoms with Crippen LogP contribution in [-0.4, -0.2) is 12.5 Å². The minimum atomic E-state index is -0.883. The molecule has 1 amide bonds. The van der Waals surface area contributed by atoms with E-state index in [2.05, 4.69) is 5.32 Å². The lowest BCUT2D eigenvalue weighted by Gasteiger charge is -2.08. The second-order valence-corrected chi connectivity index (χ2v) is 4.67. The molecule has 3 N–H and O–H groups in total. The van der Waals surface area contributed by atoms with Gasteiger partial charge in [0, 0.05) is 11.8 Å². The number of carbonyl (C=O) groups excluding carboxylic acids is 1. The van der Waals surface area contributed by atoms with Gasteiger partial charge in [-0.15, -0.1) is 0 Å². The monoisotopic (exact) mass is 290 g/mol. The maximum atomic E-state index is 13.5. The van der Waals surface area contributed by atoms with Crippen LogP contribution >= 0.6 is 0 Å². The van der Waals surface area contributed by atoms with E-state index >= 15 is 0 Å². The van der Waals surface area contributed by atoms with E-state index in [9.17, 15) is 13.6 Å². The molecule has 0 fully saturated rings. The topological polar surface area (TPSA) is 55.1 Å². The summed E-state index contributed by atoms with van der Waals surface area (Å²) >= 11 is 0. The van der Waals surface area contributed by atoms with Gasteiger partial charge < -0.3 is 11.1 Å². The van der Waals surface area contributed by atoms with Crippen molar-refractivity contribution in [3.63, 3.8) is 0 Å². The van der Waals surface area contributed by atoms with Gasteiger partial charge in [0.25, 0.3) is 5.91 Å². The Kier molecular flexibility index (Phi) is 5.00. The molecule has 0 saturated heterocycles. The van der Waals surface area contributed by atoms with Gasteiger partial charge in [0.2, 0.25) is 0 Å². The van der Waals surface area contributed by atoms with E-state index in [1.807, 2.05) is 18.2 Å². The minimum absolute atomic E-state index is 0.191. The van der Waals surface area contributed by atoms with E-state index in [0.717, 1.165) is 30.5 Å². The lowest BCUT2D eigenvalue weighted by molar-refractivity contribution is 0.102. The third-order valence-corrected chi connectivity index (χ3v) is 3.03. The molecule has 0 aliphatic heterocycles. The van der Waals surface area contributed by atoms with Crippen LogP contribution in [0.1, 0.15) is 22.3 Å². The van der Waals surface area contributed by atoms with Crippen molar-refractivity contribution in [2.45, 2.75) is 12.8 Å². The number of amides is 1. The number of nitrogens with two attached hydrogens (primary N) is 1. The predicted molar refractivity (Wildman–Crippen MR) is 78.1 cm³/mol. The van der Waals surface area contributed by atoms with E-state index in [1.165, 1.54) is 0 Å². The molecule has 5 heteroatoms. The molecule has 0 aliphatic carbocycles. The van der Waals surface area contributed by atoms with Crippen molar-refractivity contribution in [2.24, 2.45) is 5.73 Å². The van der Waals surface area contributed by atoms with Crippen molar-refractivity contribution in [1.29, 1.82) is 0 Å². The highest BCUT2D eigenvalue weighted by atomic mass is 19.1. The first-order chi connectivity index (χ1) is 10.1. The van der Waals surface area contributed by atoms with Crippen LogP contribution < -0.4 is 11.1 Å². The number of carbonyl (C=O) groups is 1. The summed E-state index contributed by atoms with van der Waals surface area (Å²) in [7, 11) is 0. The first-order valence-electron chi connectivity index (χ1n) is 6.65. The quantitative estimate of drug-likeness (QED) is 0.889. The lowest BCUT2D eigenvalue weighted by Crippen LogP contribution is -2.14. The van der Waals surface area contributed by atoms with Crippen LogP contribution in [0.5, 0.6) is 0 Å². The Morgan fingerprint density at radius 2 is 1.95 bits per heavy atom. The number of nitrogens with one attached hydrogen (secondary N) is 1. The van der Waals surface area contributed by atoms with Gasteiger partial charge in [0.1, 0.15) is 11.6 Å². The Hall–Kier alpha value is -2.27. The molecule has 0 bridgehead atoms. The van der Waals surface area contributed by atoms with Gasteiger partial charge in [0.15, 0.2) is 0 Å². The molecule has 0 spiro atoms. The first kappa shape index (κ1) is 15.1. The fraction of sp³-hybridized carbons (Fsp3) is 0.188. The predicted octanol–water partition coefficient (Wildman–Crippen LogP) is 3.11. The van der Waals surface area contributed by atoms with Crippen molar-refractivity contribution in [3.8, 4) is 0 Å². The highest BCUT2D eigenvalue weighted by molar-refractivity contribution is 6.04. The number of anilines is 1. The van der Waals surface area contributed by atoms with E-state index in [-0.39, 0.29) is 5.56 Å². The molecule has 2 aromatic rings. The Bertz CT molecular complexity index is 644. The third-order valence-electron chi connectivity index (χ3n) is 3.03. The summed E-state index contributed by atoms with van der Waals surface area (Å²) in [6.45, 7) is 0.595. The summed E-state index contributed by atoms with van der Waals surface area (Å²) in [5.41, 5.74) is 6.87. The van der Waals surface area contributed by atoms with Gasteiger partial charge in [-0.2, -0.15) is 0 Å². The van der Waals surface area contributed by atoms with Crippen molar-refractivity contribution >= 4 is 11.6 Å². The number of benzene rings is 2. The molecule has 0 atom stereocenters. The second kappa shape index (κ2) is 6.95. The Morgan fingerprint density at radius 3 is 2.67 bits per heavy atom. The number of aryl methyl sites for hydroxylation is 1. The maximum Gasteiger partial charge on any atom is 0.258 e. The number of rotatable bonds is 5. The van der Waals surface area contributed by atoms with Gasteiger partial charge in [-0.1, -0.05) is 12.1 Å². The number of halogens is 2. The van der Waals surface area contributed by atoms with E-state index in [1.54, 1.807) is 6.07 Å². The summed E-state index contributed by atoms with van der Waals surface area (Å²) in [5.74, 6) is -2.21. The molecular formula is C16H16F2N2O. The summed E-state index contributed by atoms with van der Waals surface area (Å²) in [6, 6.07) is 10.1. The van der Waals surface area contributed by atoms with Crippen molar-refractivity contribution in [2.75, 3.05) is 11.9 Å². The molecule has 0 aliphatic rings. The molecule has 2 aromatic carbocycles. The largest absolute Gasteiger partial charge is 0.330 e. The van der Waals surface area contributed by atoms with Crippen LogP contribution in [0.15, 0.2) is 42.5 Å². The van der Waals surface area contributed by atoms with Crippen LogP contribution in [-0.2, 0) is 6.42 Å². The van der Waals surface area contributed by atoms with Crippen molar-refractivity contribution in [3.05, 3.63) is 65.2 Å². The fourth-order valence-corrected chi connectivity index (χ4v) is 1.98. The molecule has 0 radical (unpaired) electrons. The van der Waals surface area contributed by atoms with Gasteiger partial charge in [0.05, 0.1) is 5.56 Å². The Morgan fingerprint density at radius 1 is 1.14 bits per heavy atom. The molecule has 0 heterocycles. The van der Waals surface area contributed by atoms with Crippen molar-refractivity contribution in [1.82, 2.24) is 0 Å². The average Bonchev–Trinajstić information content (AvgIpc) is 2.45. The van der Waals surface area contributed by atoms with E-state index in [0.29, 0.717) is 18.3 Å². The molecule has 3 nitrogen and oxygen atoms in total. The zero-order chi connectivity index (χ0) is 15.2. The highest BCUT2D eigenvalue weighted by Gasteiger charge is 2.12. The molecule has 110 valence electrons. The van der Waals surface area contributed by atoms with Crippen LogP contribution in [0.3, 0.4) is 0 Å². The summed E-state index contributed by atoms with van der Waals surface area (Å²) in [6.07, 6.45) is 1.66. The van der Waals surface area contributed by atoms with Crippen LogP contribution in [0.4, 0.5) is 14.5 Å². The van der Waals surface area contributed by atoms with Gasteiger partial charge in [-0.05, 0) is 49.2 Å². The maximum absolute atomic E-state index is 13.5. The van der Waals surface area contributed by atoms with Gasteiger partial charge in [-0.3, -0.25) is 4.79 Å². The average molecular weight is 290 g/mol. The normalized spacial score (nSPS) is 10.4. The molecule has 2 rings (SSSR count). The van der Waals surface area contributed by atoms with Crippen LogP contribution in [0.25, 0.3) is 0 Å². The van der Waals surface area contributed by atoms with E-state index in [4.69, 9.17) is 5.73 Å². The fourth-order valence-electron chi connectivity index (χ4n) is 1.98. The van der Waals surface area contributed by atoms with E-state index < -0.39 is 17.5 Å². The Balaban J connectivity index is 2.12. The zero-order valence-electron chi connectivity index (χ0n) is 11.4. The number of hydrogen-bond acceptors (Lipinski definition) is 2. The summed E-state index contributed by atoms with van der Waals surface area (Å²) in [5, 5.41) is 2.60. The standard InChI is InChI=1S/C16H16F2N2O/c17-12-6-7-14(15(18)10-12)16(21)20-13-5-1-3-11(9-13)4-2-8-19/h1,3,5-7,9-10H,2,4,8,19H2,(H,20,21). The number of hydrogen-bond donors (Lipinski definition) is 2. The SMILES string of the molecule is NCCCc1cccc(NC(=O)c2ccc(F)cc2F)c1. The van der Waals surface area contributed by atoms with Crippen LogP contribution in [0, 0.1) is 11.6 Å². The molecular weight excluding hydrogens is 274 g/mol. The van der Waals surface area contributed by atoms with Crippen LogP contribution in [0.2, 0.25) is 0 Å². The molecule has 0 unspecified atom stereocenters. The Labute approximate surface area is 121 Å². The van der Waals surface area contributed by atoms with Crippen molar-refractivity contribution < 1.29 is 13.6 Å².